The molecule has 0 spiro atoms. The van der Waals surface area contributed by atoms with Crippen molar-refractivity contribution >= 4 is 17.9 Å². The molecule has 0 saturated heterocycles. The minimum atomic E-state index is -1.52. The van der Waals surface area contributed by atoms with E-state index in [9.17, 15) is 14.4 Å². The fourth-order valence-electron chi connectivity index (χ4n) is 1.72. The number of carboxylic acid groups (broad SMARTS) is 3. The Bertz CT molecular complexity index is 417. The molecule has 0 radical (unpaired) electrons. The molecule has 86 valence electrons. The molecule has 1 atom stereocenters. The van der Waals surface area contributed by atoms with Crippen molar-refractivity contribution in [3.8, 4) is 0 Å². The largest absolute Gasteiger partial charge is 0.481 e. The zero-order valence-electron chi connectivity index (χ0n) is 8.27. The van der Waals surface area contributed by atoms with Gasteiger partial charge in [0, 0.05) is 5.57 Å². The van der Waals surface area contributed by atoms with Crippen molar-refractivity contribution in [1.82, 2.24) is 0 Å². The molecule has 0 aromatic heterocycles. The molecule has 1 unspecified atom stereocenters. The summed E-state index contributed by atoms with van der Waals surface area (Å²) in [6, 6.07) is 0. The predicted molar refractivity (Wildman–Crippen MR) is 51.8 cm³/mol. The molecule has 0 saturated carbocycles. The summed E-state index contributed by atoms with van der Waals surface area (Å²) in [4.78, 5) is 32.6. The normalized spacial score (nSPS) is 20.8. The van der Waals surface area contributed by atoms with Gasteiger partial charge in [-0.3, -0.25) is 4.79 Å². The number of hydrogen-bond acceptors (Lipinski definition) is 3. The van der Waals surface area contributed by atoms with Crippen molar-refractivity contribution in [3.63, 3.8) is 0 Å². The average Bonchev–Trinajstić information content (AvgIpc) is 2.15. The maximum absolute atomic E-state index is 10.9. The van der Waals surface area contributed by atoms with Crippen LogP contribution in [-0.4, -0.2) is 33.2 Å². The van der Waals surface area contributed by atoms with E-state index in [4.69, 9.17) is 15.3 Å². The SMILES string of the molecule is C=C1CCC(C(=O)O)=C(C(=O)O)C1C(=O)O. The molecule has 0 aromatic carbocycles. The Balaban J connectivity index is 3.38. The first-order valence-electron chi connectivity index (χ1n) is 4.46. The molecular weight excluding hydrogens is 216 g/mol. The smallest absolute Gasteiger partial charge is 0.333 e. The van der Waals surface area contributed by atoms with E-state index in [2.05, 4.69) is 6.58 Å². The second-order valence-corrected chi connectivity index (χ2v) is 3.43. The standard InChI is InChI=1S/C10H10O6/c1-4-2-3-5(8(11)12)7(10(15)16)6(4)9(13)14/h6H,1-3H2,(H,11,12)(H,13,14)(H,15,16). The fraction of sp³-hybridized carbons (Fsp3) is 0.300. The topological polar surface area (TPSA) is 112 Å². The van der Waals surface area contributed by atoms with Gasteiger partial charge in [0.2, 0.25) is 0 Å². The van der Waals surface area contributed by atoms with Crippen molar-refractivity contribution < 1.29 is 29.7 Å². The van der Waals surface area contributed by atoms with E-state index in [1.54, 1.807) is 0 Å². The quantitative estimate of drug-likeness (QED) is 0.604. The van der Waals surface area contributed by atoms with Gasteiger partial charge >= 0.3 is 17.9 Å². The van der Waals surface area contributed by atoms with Gasteiger partial charge in [0.25, 0.3) is 0 Å². The third-order valence-electron chi connectivity index (χ3n) is 2.45. The van der Waals surface area contributed by atoms with Gasteiger partial charge in [-0.2, -0.15) is 0 Å². The van der Waals surface area contributed by atoms with Gasteiger partial charge in [-0.25, -0.2) is 9.59 Å². The van der Waals surface area contributed by atoms with Crippen molar-refractivity contribution in [2.75, 3.05) is 0 Å². The highest BCUT2D eigenvalue weighted by Gasteiger charge is 2.37. The van der Waals surface area contributed by atoms with Crippen LogP contribution in [0, 0.1) is 5.92 Å². The molecule has 0 fully saturated rings. The van der Waals surface area contributed by atoms with Gasteiger partial charge in [0.1, 0.15) is 5.92 Å². The average molecular weight is 226 g/mol. The predicted octanol–water partition coefficient (Wildman–Crippen LogP) is 0.503. The van der Waals surface area contributed by atoms with Crippen LogP contribution in [0.15, 0.2) is 23.3 Å². The van der Waals surface area contributed by atoms with E-state index < -0.39 is 29.4 Å². The van der Waals surface area contributed by atoms with Crippen LogP contribution in [0.4, 0.5) is 0 Å². The summed E-state index contributed by atoms with van der Waals surface area (Å²) >= 11 is 0. The Morgan fingerprint density at radius 3 is 2.00 bits per heavy atom. The Hall–Kier alpha value is -2.11. The summed E-state index contributed by atoms with van der Waals surface area (Å²) in [6.45, 7) is 3.47. The number of hydrogen-bond donors (Lipinski definition) is 3. The number of carbonyl (C=O) groups is 3. The third-order valence-corrected chi connectivity index (χ3v) is 2.45. The first kappa shape index (κ1) is 12.0. The van der Waals surface area contributed by atoms with Crippen molar-refractivity contribution in [2.24, 2.45) is 5.92 Å². The van der Waals surface area contributed by atoms with Crippen molar-refractivity contribution in [2.45, 2.75) is 12.8 Å². The molecule has 0 bridgehead atoms. The highest BCUT2D eigenvalue weighted by atomic mass is 16.4. The Kier molecular flexibility index (Phi) is 3.12. The number of rotatable bonds is 3. The molecule has 1 aliphatic rings. The molecule has 1 rings (SSSR count). The summed E-state index contributed by atoms with van der Waals surface area (Å²) in [5, 5.41) is 26.5. The molecule has 3 N–H and O–H groups in total. The van der Waals surface area contributed by atoms with Crippen LogP contribution < -0.4 is 0 Å². The minimum Gasteiger partial charge on any atom is -0.481 e. The minimum absolute atomic E-state index is 0.000417. The third kappa shape index (κ3) is 1.95. The second kappa shape index (κ2) is 4.18. The second-order valence-electron chi connectivity index (χ2n) is 3.43. The Morgan fingerprint density at radius 1 is 1.06 bits per heavy atom. The van der Waals surface area contributed by atoms with E-state index in [1.807, 2.05) is 0 Å². The first-order valence-corrected chi connectivity index (χ1v) is 4.46. The van der Waals surface area contributed by atoms with Gasteiger partial charge in [0.15, 0.2) is 0 Å². The Labute approximate surface area is 90.5 Å². The van der Waals surface area contributed by atoms with Crippen LogP contribution >= 0.6 is 0 Å². The molecule has 0 aliphatic heterocycles. The molecule has 6 heteroatoms. The number of aliphatic carboxylic acids is 3. The summed E-state index contributed by atoms with van der Waals surface area (Å²) < 4.78 is 0. The summed E-state index contributed by atoms with van der Waals surface area (Å²) in [5.74, 6) is -5.74. The fourth-order valence-corrected chi connectivity index (χ4v) is 1.72. The maximum atomic E-state index is 10.9. The molecule has 6 nitrogen and oxygen atoms in total. The highest BCUT2D eigenvalue weighted by Crippen LogP contribution is 2.34. The zero-order valence-corrected chi connectivity index (χ0v) is 8.27. The van der Waals surface area contributed by atoms with Gasteiger partial charge in [0.05, 0.1) is 5.57 Å². The lowest BCUT2D eigenvalue weighted by atomic mass is 9.79. The molecule has 1 aliphatic carbocycles. The first-order chi connectivity index (χ1) is 7.36. The number of carboxylic acids is 3. The monoisotopic (exact) mass is 226 g/mol. The lowest BCUT2D eigenvalue weighted by Gasteiger charge is -2.23. The zero-order chi connectivity index (χ0) is 12.5. The highest BCUT2D eigenvalue weighted by molar-refractivity contribution is 6.04. The van der Waals surface area contributed by atoms with Crippen LogP contribution in [0.2, 0.25) is 0 Å². The van der Waals surface area contributed by atoms with E-state index >= 15 is 0 Å². The molecular formula is C10H10O6. The summed E-state index contributed by atoms with van der Waals surface area (Å²) in [6.07, 6.45) is 0.176. The van der Waals surface area contributed by atoms with Gasteiger partial charge < -0.3 is 15.3 Å². The van der Waals surface area contributed by atoms with E-state index in [1.165, 1.54) is 0 Å². The molecule has 0 amide bonds. The van der Waals surface area contributed by atoms with Gasteiger partial charge in [-0.1, -0.05) is 12.2 Å². The van der Waals surface area contributed by atoms with Crippen LogP contribution in [0.3, 0.4) is 0 Å². The van der Waals surface area contributed by atoms with Crippen LogP contribution in [-0.2, 0) is 14.4 Å². The molecule has 0 heterocycles. The maximum Gasteiger partial charge on any atom is 0.333 e. The van der Waals surface area contributed by atoms with E-state index in [0.717, 1.165) is 0 Å². The summed E-state index contributed by atoms with van der Waals surface area (Å²) in [7, 11) is 0. The van der Waals surface area contributed by atoms with Crippen LogP contribution in [0.5, 0.6) is 0 Å². The lowest BCUT2D eigenvalue weighted by Crippen LogP contribution is -2.29. The Morgan fingerprint density at radius 2 is 1.62 bits per heavy atom. The van der Waals surface area contributed by atoms with Crippen LogP contribution in [0.1, 0.15) is 12.8 Å². The van der Waals surface area contributed by atoms with Crippen molar-refractivity contribution in [1.29, 1.82) is 0 Å². The van der Waals surface area contributed by atoms with Gasteiger partial charge in [-0.05, 0) is 12.8 Å². The van der Waals surface area contributed by atoms with E-state index in [0.29, 0.717) is 0 Å². The lowest BCUT2D eigenvalue weighted by molar-refractivity contribution is -0.143. The van der Waals surface area contributed by atoms with Crippen molar-refractivity contribution in [3.05, 3.63) is 23.3 Å². The molecule has 16 heavy (non-hydrogen) atoms. The van der Waals surface area contributed by atoms with Gasteiger partial charge in [-0.15, -0.1) is 0 Å². The van der Waals surface area contributed by atoms with E-state index in [-0.39, 0.29) is 24.0 Å². The molecule has 0 aromatic rings. The van der Waals surface area contributed by atoms with Crippen LogP contribution in [0.25, 0.3) is 0 Å². The summed E-state index contributed by atoms with van der Waals surface area (Å²) in [5.41, 5.74) is -0.724.